The van der Waals surface area contributed by atoms with E-state index in [1.165, 1.54) is 6.07 Å². The van der Waals surface area contributed by atoms with Gasteiger partial charge >= 0.3 is 0 Å². The molecule has 0 fully saturated rings. The number of allylic oxidation sites excluding steroid dienone is 1. The summed E-state index contributed by atoms with van der Waals surface area (Å²) in [6.07, 6.45) is 1.76. The molecule has 0 atom stereocenters. The van der Waals surface area contributed by atoms with Crippen molar-refractivity contribution in [1.82, 2.24) is 9.55 Å². The summed E-state index contributed by atoms with van der Waals surface area (Å²) in [6.45, 7) is 10.5. The number of aromatic nitrogens is 2. The van der Waals surface area contributed by atoms with Crippen LogP contribution in [0.2, 0.25) is 0 Å². The molecule has 20 heavy (non-hydrogen) atoms. The highest BCUT2D eigenvalue weighted by molar-refractivity contribution is 5.71. The van der Waals surface area contributed by atoms with Crippen LogP contribution in [0.5, 0.6) is 0 Å². The topological polar surface area (TPSA) is 43.8 Å². The van der Waals surface area contributed by atoms with Crippen LogP contribution in [-0.2, 0) is 12.0 Å². The first-order chi connectivity index (χ1) is 9.36. The molecular weight excluding hydrogens is 253 g/mol. The molecule has 0 spiro atoms. The summed E-state index contributed by atoms with van der Waals surface area (Å²) in [7, 11) is 0. The number of halogens is 1. The summed E-state index contributed by atoms with van der Waals surface area (Å²) in [5, 5.41) is 0. The van der Waals surface area contributed by atoms with E-state index < -0.39 is 0 Å². The Labute approximate surface area is 118 Å². The van der Waals surface area contributed by atoms with Gasteiger partial charge in [-0.1, -0.05) is 39.0 Å². The smallest absolute Gasteiger partial charge is 0.132 e. The average Bonchev–Trinajstić information content (AvgIpc) is 2.68. The predicted molar refractivity (Wildman–Crippen MR) is 80.9 cm³/mol. The van der Waals surface area contributed by atoms with E-state index >= 15 is 0 Å². The molecule has 1 aromatic heterocycles. The fourth-order valence-corrected chi connectivity index (χ4v) is 2.20. The molecule has 3 nitrogen and oxygen atoms in total. The molecule has 106 valence electrons. The summed E-state index contributed by atoms with van der Waals surface area (Å²) < 4.78 is 15.8. The summed E-state index contributed by atoms with van der Waals surface area (Å²) in [6, 6.07) is 6.54. The van der Waals surface area contributed by atoms with Crippen molar-refractivity contribution in [3.05, 3.63) is 48.6 Å². The maximum Gasteiger partial charge on any atom is 0.132 e. The standard InChI is InChI=1S/C16H20FN3/c1-5-10-20-14(18)13(19-15(20)16(2,3)4)11-8-6-7-9-12(11)17/h5-9H,1,10,18H2,2-4H3. The number of imidazole rings is 1. The minimum absolute atomic E-state index is 0.180. The Kier molecular flexibility index (Phi) is 3.66. The van der Waals surface area contributed by atoms with Gasteiger partial charge in [0.25, 0.3) is 0 Å². The van der Waals surface area contributed by atoms with Crippen molar-refractivity contribution in [3.63, 3.8) is 0 Å². The van der Waals surface area contributed by atoms with E-state index in [9.17, 15) is 4.39 Å². The van der Waals surface area contributed by atoms with E-state index in [2.05, 4.69) is 32.3 Å². The summed E-state index contributed by atoms with van der Waals surface area (Å²) in [4.78, 5) is 4.58. The lowest BCUT2D eigenvalue weighted by Gasteiger charge is -2.19. The molecule has 0 amide bonds. The summed E-state index contributed by atoms with van der Waals surface area (Å²) in [5.74, 6) is 0.982. The number of anilines is 1. The molecule has 0 saturated carbocycles. The number of benzene rings is 1. The van der Waals surface area contributed by atoms with Crippen molar-refractivity contribution in [3.8, 4) is 11.3 Å². The van der Waals surface area contributed by atoms with Gasteiger partial charge in [0.15, 0.2) is 0 Å². The highest BCUT2D eigenvalue weighted by Gasteiger charge is 2.25. The van der Waals surface area contributed by atoms with Crippen molar-refractivity contribution in [2.45, 2.75) is 32.7 Å². The average molecular weight is 273 g/mol. The highest BCUT2D eigenvalue weighted by Crippen LogP contribution is 2.33. The van der Waals surface area contributed by atoms with Gasteiger partial charge in [-0.05, 0) is 12.1 Å². The fraction of sp³-hybridized carbons (Fsp3) is 0.312. The molecule has 2 rings (SSSR count). The quantitative estimate of drug-likeness (QED) is 0.865. The largest absolute Gasteiger partial charge is 0.383 e. The minimum Gasteiger partial charge on any atom is -0.383 e. The molecule has 2 N–H and O–H groups in total. The van der Waals surface area contributed by atoms with E-state index in [1.807, 2.05) is 4.57 Å². The van der Waals surface area contributed by atoms with Crippen molar-refractivity contribution >= 4 is 5.82 Å². The zero-order chi connectivity index (χ0) is 14.9. The second kappa shape index (κ2) is 5.12. The van der Waals surface area contributed by atoms with Crippen LogP contribution in [0.25, 0.3) is 11.3 Å². The Hall–Kier alpha value is -2.10. The second-order valence-corrected chi connectivity index (χ2v) is 5.80. The molecule has 2 aromatic rings. The highest BCUT2D eigenvalue weighted by atomic mass is 19.1. The van der Waals surface area contributed by atoms with Crippen LogP contribution in [0.4, 0.5) is 10.2 Å². The number of nitrogen functional groups attached to an aromatic ring is 1. The summed E-state index contributed by atoms with van der Waals surface area (Å²) >= 11 is 0. The van der Waals surface area contributed by atoms with Gasteiger partial charge in [0.2, 0.25) is 0 Å². The first-order valence-corrected chi connectivity index (χ1v) is 6.58. The molecule has 0 aliphatic rings. The molecule has 1 aromatic carbocycles. The third kappa shape index (κ3) is 2.46. The van der Waals surface area contributed by atoms with Crippen molar-refractivity contribution in [2.75, 3.05) is 5.73 Å². The third-order valence-corrected chi connectivity index (χ3v) is 3.12. The van der Waals surface area contributed by atoms with Gasteiger partial charge < -0.3 is 10.3 Å². The van der Waals surface area contributed by atoms with Gasteiger partial charge in [-0.3, -0.25) is 0 Å². The molecule has 1 heterocycles. The minimum atomic E-state index is -0.317. The zero-order valence-electron chi connectivity index (χ0n) is 12.2. The number of hydrogen-bond acceptors (Lipinski definition) is 2. The van der Waals surface area contributed by atoms with Crippen LogP contribution in [-0.4, -0.2) is 9.55 Å². The van der Waals surface area contributed by atoms with Crippen molar-refractivity contribution in [2.24, 2.45) is 0 Å². The van der Waals surface area contributed by atoms with Crippen molar-refractivity contribution < 1.29 is 4.39 Å². The van der Waals surface area contributed by atoms with Crippen LogP contribution in [0, 0.1) is 5.82 Å². The maximum absolute atomic E-state index is 14.0. The zero-order valence-corrected chi connectivity index (χ0v) is 12.2. The molecule has 0 aliphatic heterocycles. The second-order valence-electron chi connectivity index (χ2n) is 5.80. The Morgan fingerprint density at radius 3 is 2.55 bits per heavy atom. The molecule has 0 bridgehead atoms. The van der Waals surface area contributed by atoms with Crippen LogP contribution in [0.15, 0.2) is 36.9 Å². The number of nitrogens with zero attached hydrogens (tertiary/aromatic N) is 2. The number of hydrogen-bond donors (Lipinski definition) is 1. The van der Waals surface area contributed by atoms with Crippen LogP contribution in [0.1, 0.15) is 26.6 Å². The van der Waals surface area contributed by atoms with Gasteiger partial charge in [-0.25, -0.2) is 9.37 Å². The third-order valence-electron chi connectivity index (χ3n) is 3.12. The molecule has 4 heteroatoms. The Balaban J connectivity index is 2.68. The van der Waals surface area contributed by atoms with E-state index in [-0.39, 0.29) is 11.2 Å². The fourth-order valence-electron chi connectivity index (χ4n) is 2.20. The lowest BCUT2D eigenvalue weighted by molar-refractivity contribution is 0.515. The van der Waals surface area contributed by atoms with Crippen molar-refractivity contribution in [1.29, 1.82) is 0 Å². The van der Waals surface area contributed by atoms with Gasteiger partial charge in [0, 0.05) is 17.5 Å². The lowest BCUT2D eigenvalue weighted by Crippen LogP contribution is -2.19. The lowest BCUT2D eigenvalue weighted by atomic mass is 9.95. The molecular formula is C16H20FN3. The number of rotatable bonds is 3. The van der Waals surface area contributed by atoms with E-state index in [4.69, 9.17) is 5.73 Å². The SMILES string of the molecule is C=CCn1c(C(C)(C)C)nc(-c2ccccc2F)c1N. The van der Waals surface area contributed by atoms with Gasteiger partial charge in [-0.2, -0.15) is 0 Å². The van der Waals surface area contributed by atoms with E-state index in [0.29, 0.717) is 23.6 Å². The Morgan fingerprint density at radius 1 is 1.35 bits per heavy atom. The van der Waals surface area contributed by atoms with Gasteiger partial charge in [0.1, 0.15) is 23.2 Å². The van der Waals surface area contributed by atoms with Crippen LogP contribution in [0.3, 0.4) is 0 Å². The maximum atomic E-state index is 14.0. The van der Waals surface area contributed by atoms with Crippen LogP contribution >= 0.6 is 0 Å². The number of nitrogens with two attached hydrogens (primary N) is 1. The normalized spacial score (nSPS) is 11.6. The Bertz CT molecular complexity index is 636. The monoisotopic (exact) mass is 273 g/mol. The van der Waals surface area contributed by atoms with Gasteiger partial charge in [-0.15, -0.1) is 6.58 Å². The summed E-state index contributed by atoms with van der Waals surface area (Å²) in [5.41, 5.74) is 6.92. The molecule has 0 aliphatic carbocycles. The molecule has 0 unspecified atom stereocenters. The molecule has 0 saturated heterocycles. The Morgan fingerprint density at radius 2 is 2.00 bits per heavy atom. The van der Waals surface area contributed by atoms with E-state index in [1.54, 1.807) is 24.3 Å². The van der Waals surface area contributed by atoms with Crippen LogP contribution < -0.4 is 5.73 Å². The predicted octanol–water partition coefficient (Wildman–Crippen LogP) is 3.75. The molecule has 0 radical (unpaired) electrons. The first-order valence-electron chi connectivity index (χ1n) is 6.58. The van der Waals surface area contributed by atoms with E-state index in [0.717, 1.165) is 5.82 Å². The van der Waals surface area contributed by atoms with Gasteiger partial charge in [0.05, 0.1) is 0 Å². The first kappa shape index (κ1) is 14.3.